The second-order valence-electron chi connectivity index (χ2n) is 5.13. The van der Waals surface area contributed by atoms with E-state index in [-0.39, 0.29) is 24.4 Å². The van der Waals surface area contributed by atoms with Crippen molar-refractivity contribution in [1.82, 2.24) is 9.55 Å². The Morgan fingerprint density at radius 1 is 1.24 bits per heavy atom. The summed E-state index contributed by atoms with van der Waals surface area (Å²) in [7, 11) is 0. The Hall–Kier alpha value is -2.64. The van der Waals surface area contributed by atoms with Crippen LogP contribution in [0.25, 0.3) is 10.9 Å². The summed E-state index contributed by atoms with van der Waals surface area (Å²) >= 11 is 12.0. The van der Waals surface area contributed by atoms with Gasteiger partial charge in [-0.05, 0) is 18.2 Å². The van der Waals surface area contributed by atoms with Gasteiger partial charge in [-0.1, -0.05) is 29.3 Å². The van der Waals surface area contributed by atoms with Gasteiger partial charge in [-0.3, -0.25) is 19.5 Å². The molecule has 9 heteroatoms. The van der Waals surface area contributed by atoms with Crippen LogP contribution >= 0.6 is 23.2 Å². The molecule has 1 aromatic heterocycles. The molecule has 128 valence electrons. The Bertz CT molecular complexity index is 1020. The van der Waals surface area contributed by atoms with Gasteiger partial charge in [0.1, 0.15) is 12.4 Å². The molecule has 0 aliphatic carbocycles. The first-order valence-corrected chi connectivity index (χ1v) is 7.93. The molecule has 0 saturated carbocycles. The molecule has 0 unspecified atom stereocenters. The third-order valence-electron chi connectivity index (χ3n) is 3.48. The summed E-state index contributed by atoms with van der Waals surface area (Å²) in [6, 6.07) is 8.86. The molecule has 0 N–H and O–H groups in total. The molecule has 0 fully saturated rings. The molecule has 0 spiro atoms. The van der Waals surface area contributed by atoms with Crippen molar-refractivity contribution in [3.63, 3.8) is 0 Å². The third kappa shape index (κ3) is 3.72. The highest BCUT2D eigenvalue weighted by atomic mass is 35.5. The van der Waals surface area contributed by atoms with Gasteiger partial charge in [0.05, 0.1) is 39.8 Å². The maximum atomic E-state index is 12.5. The van der Waals surface area contributed by atoms with E-state index in [2.05, 4.69) is 4.98 Å². The lowest BCUT2D eigenvalue weighted by molar-refractivity contribution is -0.384. The van der Waals surface area contributed by atoms with Crippen LogP contribution in [-0.4, -0.2) is 21.1 Å². The molecule has 1 heterocycles. The summed E-state index contributed by atoms with van der Waals surface area (Å²) < 4.78 is 6.84. The number of hydrogen-bond donors (Lipinski definition) is 0. The van der Waals surface area contributed by atoms with E-state index in [1.807, 2.05) is 0 Å². The molecule has 7 nitrogen and oxygen atoms in total. The lowest BCUT2D eigenvalue weighted by atomic mass is 10.2. The largest absolute Gasteiger partial charge is 0.491 e. The van der Waals surface area contributed by atoms with Gasteiger partial charge < -0.3 is 4.74 Å². The van der Waals surface area contributed by atoms with Crippen molar-refractivity contribution in [1.29, 1.82) is 0 Å². The molecule has 0 saturated heterocycles. The van der Waals surface area contributed by atoms with Gasteiger partial charge in [-0.15, -0.1) is 0 Å². The van der Waals surface area contributed by atoms with Gasteiger partial charge in [0.2, 0.25) is 0 Å². The van der Waals surface area contributed by atoms with E-state index in [1.165, 1.54) is 41.2 Å². The molecule has 0 amide bonds. The fraction of sp³-hybridized carbons (Fsp3) is 0.125. The van der Waals surface area contributed by atoms with Crippen LogP contribution < -0.4 is 10.3 Å². The molecule has 25 heavy (non-hydrogen) atoms. The predicted molar refractivity (Wildman–Crippen MR) is 94.6 cm³/mol. The van der Waals surface area contributed by atoms with Gasteiger partial charge in [0.15, 0.2) is 0 Å². The molecule has 3 rings (SSSR count). The summed E-state index contributed by atoms with van der Waals surface area (Å²) in [4.78, 5) is 26.9. The number of aromatic nitrogens is 2. The van der Waals surface area contributed by atoms with E-state index in [4.69, 9.17) is 27.9 Å². The number of non-ortho nitro benzene ring substituents is 1. The van der Waals surface area contributed by atoms with Gasteiger partial charge in [0.25, 0.3) is 11.2 Å². The summed E-state index contributed by atoms with van der Waals surface area (Å²) in [5.41, 5.74) is 0.0234. The molecule has 0 aliphatic rings. The average molecular weight is 380 g/mol. The van der Waals surface area contributed by atoms with Crippen LogP contribution in [0.4, 0.5) is 5.69 Å². The minimum atomic E-state index is -0.502. The van der Waals surface area contributed by atoms with Crippen LogP contribution in [0, 0.1) is 10.1 Å². The maximum absolute atomic E-state index is 12.5. The normalized spacial score (nSPS) is 10.8. The van der Waals surface area contributed by atoms with Crippen molar-refractivity contribution in [3.05, 3.63) is 73.2 Å². The number of rotatable bonds is 5. The van der Waals surface area contributed by atoms with E-state index >= 15 is 0 Å². The van der Waals surface area contributed by atoms with E-state index < -0.39 is 4.92 Å². The fourth-order valence-corrected chi connectivity index (χ4v) is 2.84. The molecule has 0 aliphatic heterocycles. The van der Waals surface area contributed by atoms with Crippen LogP contribution in [-0.2, 0) is 6.54 Å². The Kier molecular flexibility index (Phi) is 4.87. The average Bonchev–Trinajstić information content (AvgIpc) is 2.57. The molecule has 0 bridgehead atoms. The summed E-state index contributed by atoms with van der Waals surface area (Å²) in [5, 5.41) is 11.7. The van der Waals surface area contributed by atoms with Crippen molar-refractivity contribution < 1.29 is 9.66 Å². The standard InChI is InChI=1S/C16H11Cl2N3O4/c17-10-6-13-15(14(18)7-10)19-9-20(16(13)22)4-5-25-12-3-1-2-11(8-12)21(23)24/h1-3,6-9H,4-5H2. The van der Waals surface area contributed by atoms with Crippen molar-refractivity contribution in [2.24, 2.45) is 0 Å². The second kappa shape index (κ2) is 7.08. The summed E-state index contributed by atoms with van der Waals surface area (Å²) in [6.07, 6.45) is 1.38. The molecule has 0 atom stereocenters. The van der Waals surface area contributed by atoms with Crippen molar-refractivity contribution in [2.75, 3.05) is 6.61 Å². The summed E-state index contributed by atoms with van der Waals surface area (Å²) in [5.74, 6) is 0.349. The zero-order chi connectivity index (χ0) is 18.0. The maximum Gasteiger partial charge on any atom is 0.273 e. The number of fused-ring (bicyclic) bond motifs is 1. The topological polar surface area (TPSA) is 87.3 Å². The van der Waals surface area contributed by atoms with E-state index in [9.17, 15) is 14.9 Å². The van der Waals surface area contributed by atoms with Gasteiger partial charge in [-0.25, -0.2) is 4.98 Å². The van der Waals surface area contributed by atoms with Crippen LogP contribution in [0.5, 0.6) is 5.75 Å². The number of nitro groups is 1. The van der Waals surface area contributed by atoms with Gasteiger partial charge in [0, 0.05) is 11.1 Å². The lowest BCUT2D eigenvalue weighted by Crippen LogP contribution is -2.23. The molecule has 3 aromatic rings. The van der Waals surface area contributed by atoms with Crippen molar-refractivity contribution >= 4 is 39.8 Å². The monoisotopic (exact) mass is 379 g/mol. The zero-order valence-corrected chi connectivity index (χ0v) is 14.2. The number of halogens is 2. The fourth-order valence-electron chi connectivity index (χ4n) is 2.30. The first kappa shape index (κ1) is 17.2. The van der Waals surface area contributed by atoms with Crippen molar-refractivity contribution in [2.45, 2.75) is 6.54 Å². The third-order valence-corrected chi connectivity index (χ3v) is 3.98. The number of benzene rings is 2. The predicted octanol–water partition coefficient (Wildman–Crippen LogP) is 3.69. The summed E-state index contributed by atoms with van der Waals surface area (Å²) in [6.45, 7) is 0.358. The zero-order valence-electron chi connectivity index (χ0n) is 12.7. The molecular weight excluding hydrogens is 369 g/mol. The van der Waals surface area contributed by atoms with Gasteiger partial charge >= 0.3 is 0 Å². The lowest BCUT2D eigenvalue weighted by Gasteiger charge is -2.09. The Labute approximate surface area is 151 Å². The highest BCUT2D eigenvalue weighted by Crippen LogP contribution is 2.24. The minimum absolute atomic E-state index is 0.0636. The number of hydrogen-bond acceptors (Lipinski definition) is 5. The van der Waals surface area contributed by atoms with Crippen LogP contribution in [0.15, 0.2) is 47.5 Å². The van der Waals surface area contributed by atoms with E-state index in [0.717, 1.165) is 0 Å². The Balaban J connectivity index is 1.78. The molecule has 2 aromatic carbocycles. The van der Waals surface area contributed by atoms with E-state index in [1.54, 1.807) is 6.07 Å². The van der Waals surface area contributed by atoms with E-state index in [0.29, 0.717) is 26.7 Å². The first-order chi connectivity index (χ1) is 12.0. The van der Waals surface area contributed by atoms with Crippen LogP contribution in [0.2, 0.25) is 10.0 Å². The number of ether oxygens (including phenoxy) is 1. The smallest absolute Gasteiger partial charge is 0.273 e. The van der Waals surface area contributed by atoms with Crippen LogP contribution in [0.1, 0.15) is 0 Å². The van der Waals surface area contributed by atoms with Gasteiger partial charge in [-0.2, -0.15) is 0 Å². The van der Waals surface area contributed by atoms with Crippen molar-refractivity contribution in [3.8, 4) is 5.75 Å². The van der Waals surface area contributed by atoms with Crippen LogP contribution in [0.3, 0.4) is 0 Å². The number of nitro benzene ring substituents is 1. The number of nitrogens with zero attached hydrogens (tertiary/aromatic N) is 3. The minimum Gasteiger partial charge on any atom is -0.491 e. The first-order valence-electron chi connectivity index (χ1n) is 7.17. The molecular formula is C16H11Cl2N3O4. The quantitative estimate of drug-likeness (QED) is 0.498. The highest BCUT2D eigenvalue weighted by molar-refractivity contribution is 6.38. The second-order valence-corrected chi connectivity index (χ2v) is 5.97. The SMILES string of the molecule is O=c1c2cc(Cl)cc(Cl)c2ncn1CCOc1cccc([N+](=O)[O-])c1. The Morgan fingerprint density at radius 2 is 2.04 bits per heavy atom. The highest BCUT2D eigenvalue weighted by Gasteiger charge is 2.10. The Morgan fingerprint density at radius 3 is 2.80 bits per heavy atom. The molecule has 0 radical (unpaired) electrons.